The highest BCUT2D eigenvalue weighted by Crippen LogP contribution is 2.27. The van der Waals surface area contributed by atoms with Crippen LogP contribution in [0.1, 0.15) is 38.5 Å². The van der Waals surface area contributed by atoms with Crippen molar-refractivity contribution in [2.24, 2.45) is 0 Å². The number of nitrogens with zero attached hydrogens (tertiary/aromatic N) is 2. The van der Waals surface area contributed by atoms with Crippen molar-refractivity contribution >= 4 is 22.0 Å². The van der Waals surface area contributed by atoms with Gasteiger partial charge >= 0.3 is 6.09 Å². The number of rotatable bonds is 2. The van der Waals surface area contributed by atoms with Gasteiger partial charge in [-0.05, 0) is 38.5 Å². The van der Waals surface area contributed by atoms with Gasteiger partial charge in [0.1, 0.15) is 0 Å². The highest BCUT2D eigenvalue weighted by molar-refractivity contribution is 7.88. The molecule has 4 fully saturated rings. The number of hydrogen-bond donors (Lipinski definition) is 1. The predicted molar refractivity (Wildman–Crippen MR) is 97.6 cm³/mol. The molecule has 0 radical (unpaired) electrons. The minimum Gasteiger partial charge on any atom is -0.439 e. The quantitative estimate of drug-likeness (QED) is 0.711. The van der Waals surface area contributed by atoms with Gasteiger partial charge in [-0.1, -0.05) is 0 Å². The molecule has 0 aromatic heterocycles. The lowest BCUT2D eigenvalue weighted by Gasteiger charge is -2.41. The Kier molecular flexibility index (Phi) is 6.27. The number of carbonyl (C=O) groups is 2. The lowest BCUT2D eigenvalue weighted by atomic mass is 9.92. The number of fused-ring (bicyclic) bond motifs is 7. The molecule has 154 valence electrons. The van der Waals surface area contributed by atoms with E-state index < -0.39 is 28.2 Å². The van der Waals surface area contributed by atoms with Crippen molar-refractivity contribution in [1.29, 1.82) is 0 Å². The fraction of sp³-hybridized carbons (Fsp3) is 0.882. The van der Waals surface area contributed by atoms with Gasteiger partial charge in [0.25, 0.3) is 5.91 Å². The molecule has 2 bridgehead atoms. The van der Waals surface area contributed by atoms with Crippen molar-refractivity contribution in [2.75, 3.05) is 33.1 Å². The Morgan fingerprint density at radius 1 is 1.11 bits per heavy atom. The van der Waals surface area contributed by atoms with Gasteiger partial charge in [-0.3, -0.25) is 4.79 Å². The van der Waals surface area contributed by atoms with Gasteiger partial charge in [0.05, 0.1) is 25.0 Å². The van der Waals surface area contributed by atoms with Crippen LogP contribution in [0.5, 0.6) is 0 Å². The maximum Gasteiger partial charge on any atom is 0.410 e. The lowest BCUT2D eigenvalue weighted by Crippen LogP contribution is -2.59. The summed E-state index contributed by atoms with van der Waals surface area (Å²) >= 11 is 0. The summed E-state index contributed by atoms with van der Waals surface area (Å²) in [5.74, 6) is -0.322. The first kappa shape index (κ1) is 20.3. The maximum atomic E-state index is 12.7. The van der Waals surface area contributed by atoms with Crippen LogP contribution in [0.4, 0.5) is 4.79 Å². The Bertz CT molecular complexity index is 662. The van der Waals surface area contributed by atoms with Gasteiger partial charge in [-0.2, -0.15) is 0 Å². The van der Waals surface area contributed by atoms with E-state index in [0.29, 0.717) is 19.4 Å². The van der Waals surface area contributed by atoms with Gasteiger partial charge in [-0.25, -0.2) is 17.9 Å². The summed E-state index contributed by atoms with van der Waals surface area (Å²) in [7, 11) is -1.71. The maximum absolute atomic E-state index is 12.7. The molecule has 0 spiro atoms. The summed E-state index contributed by atoms with van der Waals surface area (Å²) in [5.41, 5.74) is 0. The third kappa shape index (κ3) is 5.11. The molecule has 1 N–H and O–H groups in total. The van der Waals surface area contributed by atoms with E-state index in [4.69, 9.17) is 9.47 Å². The SMILES string of the molecule is CN1C(=O)OCC(=O)N2CCC[C@H](NS(C)(=O)=O)[C@@H]2COC2CCC1CC2. The van der Waals surface area contributed by atoms with Crippen molar-refractivity contribution in [3.05, 3.63) is 0 Å². The smallest absolute Gasteiger partial charge is 0.410 e. The normalized spacial score (nSPS) is 33.6. The van der Waals surface area contributed by atoms with E-state index in [2.05, 4.69) is 4.72 Å². The number of piperidine rings is 1. The van der Waals surface area contributed by atoms with Crippen LogP contribution in [0.3, 0.4) is 0 Å². The topological polar surface area (TPSA) is 105 Å². The second-order valence-electron chi connectivity index (χ2n) is 7.72. The Hall–Kier alpha value is -1.39. The summed E-state index contributed by atoms with van der Waals surface area (Å²) in [5, 5.41) is 0. The van der Waals surface area contributed by atoms with E-state index >= 15 is 0 Å². The van der Waals surface area contributed by atoms with Crippen LogP contribution >= 0.6 is 0 Å². The zero-order chi connectivity index (χ0) is 19.6. The average molecular weight is 404 g/mol. The Balaban J connectivity index is 1.81. The van der Waals surface area contributed by atoms with Gasteiger partial charge in [0.2, 0.25) is 10.0 Å². The van der Waals surface area contributed by atoms with E-state index in [9.17, 15) is 18.0 Å². The monoisotopic (exact) mass is 403 g/mol. The molecule has 10 heteroatoms. The second kappa shape index (κ2) is 8.32. The fourth-order valence-electron chi connectivity index (χ4n) is 4.28. The van der Waals surface area contributed by atoms with Crippen molar-refractivity contribution in [3.63, 3.8) is 0 Å². The minimum absolute atomic E-state index is 0.0594. The number of ether oxygens (including phenoxy) is 2. The summed E-state index contributed by atoms with van der Waals surface area (Å²) in [6.45, 7) is 0.426. The Labute approximate surface area is 160 Å². The molecule has 3 saturated heterocycles. The van der Waals surface area contributed by atoms with E-state index in [0.717, 1.165) is 31.9 Å². The number of nitrogens with one attached hydrogen (secondary N) is 1. The molecule has 4 rings (SSSR count). The number of amides is 2. The molecule has 27 heavy (non-hydrogen) atoms. The Morgan fingerprint density at radius 3 is 2.48 bits per heavy atom. The van der Waals surface area contributed by atoms with E-state index in [-0.39, 0.29) is 31.3 Å². The fourth-order valence-corrected chi connectivity index (χ4v) is 5.10. The molecule has 2 amide bonds. The summed E-state index contributed by atoms with van der Waals surface area (Å²) in [6, 6.07) is -0.719. The van der Waals surface area contributed by atoms with E-state index in [1.54, 1.807) is 16.8 Å². The van der Waals surface area contributed by atoms with Gasteiger partial charge in [0, 0.05) is 25.7 Å². The lowest BCUT2D eigenvalue weighted by molar-refractivity contribution is -0.141. The molecule has 3 aliphatic heterocycles. The van der Waals surface area contributed by atoms with Crippen LogP contribution in [-0.2, 0) is 24.3 Å². The molecule has 4 aliphatic rings. The third-order valence-electron chi connectivity index (χ3n) is 5.77. The number of carbonyl (C=O) groups excluding carboxylic acids is 2. The molecule has 9 nitrogen and oxygen atoms in total. The first-order chi connectivity index (χ1) is 12.7. The van der Waals surface area contributed by atoms with E-state index in [1.165, 1.54) is 0 Å². The third-order valence-corrected chi connectivity index (χ3v) is 6.50. The van der Waals surface area contributed by atoms with Crippen molar-refractivity contribution in [2.45, 2.75) is 62.8 Å². The molecule has 0 aromatic carbocycles. The summed E-state index contributed by atoms with van der Waals surface area (Å²) in [6.07, 6.45) is 5.30. The number of sulfonamides is 1. The van der Waals surface area contributed by atoms with Crippen molar-refractivity contribution < 1.29 is 27.5 Å². The predicted octanol–water partition coefficient (Wildman–Crippen LogP) is 0.305. The number of hydrogen-bond acceptors (Lipinski definition) is 6. The molecular weight excluding hydrogens is 374 g/mol. The van der Waals surface area contributed by atoms with Crippen molar-refractivity contribution in [3.8, 4) is 0 Å². The van der Waals surface area contributed by atoms with Crippen LogP contribution < -0.4 is 4.72 Å². The summed E-state index contributed by atoms with van der Waals surface area (Å²) in [4.78, 5) is 28.1. The average Bonchev–Trinajstić information content (AvgIpc) is 2.63. The first-order valence-electron chi connectivity index (χ1n) is 9.52. The minimum atomic E-state index is -3.41. The molecule has 1 saturated carbocycles. The van der Waals surface area contributed by atoms with Crippen LogP contribution in [0.2, 0.25) is 0 Å². The molecular formula is C17H29N3O6S. The zero-order valence-corrected chi connectivity index (χ0v) is 16.7. The molecule has 0 aromatic rings. The first-order valence-corrected chi connectivity index (χ1v) is 11.4. The molecule has 1 aliphatic carbocycles. The molecule has 2 atom stereocenters. The summed E-state index contributed by atoms with van der Waals surface area (Å²) < 4.78 is 37.5. The zero-order valence-electron chi connectivity index (χ0n) is 15.9. The van der Waals surface area contributed by atoms with Gasteiger partial charge in [0.15, 0.2) is 6.61 Å². The standard InChI is InChI=1S/C17H29N3O6S/c1-19-12-5-7-13(8-6-12)25-10-15-14(18-27(2,23)24)4-3-9-20(15)16(21)11-26-17(19)22/h12-15,18H,3-11H2,1-2H3/t12?,13?,14-,15-/m0/s1. The van der Waals surface area contributed by atoms with Crippen LogP contribution in [0.15, 0.2) is 0 Å². The van der Waals surface area contributed by atoms with Crippen LogP contribution in [0, 0.1) is 0 Å². The van der Waals surface area contributed by atoms with Crippen LogP contribution in [-0.4, -0.2) is 87.5 Å². The largest absolute Gasteiger partial charge is 0.439 e. The molecule has 3 heterocycles. The highest BCUT2D eigenvalue weighted by Gasteiger charge is 2.38. The second-order valence-corrected chi connectivity index (χ2v) is 9.50. The van der Waals surface area contributed by atoms with Gasteiger partial charge < -0.3 is 19.3 Å². The molecule has 0 unspecified atom stereocenters. The highest BCUT2D eigenvalue weighted by atomic mass is 32.2. The van der Waals surface area contributed by atoms with Crippen molar-refractivity contribution in [1.82, 2.24) is 14.5 Å². The van der Waals surface area contributed by atoms with E-state index in [1.807, 2.05) is 0 Å². The Morgan fingerprint density at radius 2 is 1.81 bits per heavy atom. The van der Waals surface area contributed by atoms with Crippen LogP contribution in [0.25, 0.3) is 0 Å². The van der Waals surface area contributed by atoms with Gasteiger partial charge in [-0.15, -0.1) is 0 Å².